The molecule has 4 rings (SSSR count). The number of nitrogens with zero attached hydrogens (tertiary/aromatic N) is 3. The molecule has 148 valence electrons. The van der Waals surface area contributed by atoms with Gasteiger partial charge in [-0.3, -0.25) is 10.1 Å². The van der Waals surface area contributed by atoms with E-state index in [4.69, 9.17) is 4.42 Å². The third-order valence-electron chi connectivity index (χ3n) is 4.35. The molecule has 7 heteroatoms. The maximum absolute atomic E-state index is 11.1. The number of para-hydroxylation sites is 2. The number of non-ortho nitro benzene ring substituents is 1. The van der Waals surface area contributed by atoms with E-state index in [0.29, 0.717) is 21.6 Å². The molecule has 4 aromatic rings. The molecule has 0 atom stereocenters. The van der Waals surface area contributed by atoms with Crippen LogP contribution in [-0.4, -0.2) is 11.1 Å². The molecule has 0 fully saturated rings. The summed E-state index contributed by atoms with van der Waals surface area (Å²) in [5.74, 6) is 1.04. The van der Waals surface area contributed by atoms with Gasteiger partial charge in [0.15, 0.2) is 0 Å². The number of halogens is 1. The average Bonchev–Trinajstić information content (AvgIpc) is 3.24. The summed E-state index contributed by atoms with van der Waals surface area (Å²) < 4.78 is 6.59. The normalized spacial score (nSPS) is 11.0. The summed E-state index contributed by atoms with van der Waals surface area (Å²) in [5.41, 5.74) is 2.42. The highest BCUT2D eigenvalue weighted by molar-refractivity contribution is 9.10. The van der Waals surface area contributed by atoms with Gasteiger partial charge in [-0.05, 0) is 42.5 Å². The minimum Gasteiger partial charge on any atom is -0.455 e. The lowest BCUT2D eigenvalue weighted by Crippen LogP contribution is -2.08. The molecule has 0 aliphatic carbocycles. The Labute approximate surface area is 181 Å². The van der Waals surface area contributed by atoms with Crippen molar-refractivity contribution in [3.05, 3.63) is 111 Å². The third-order valence-corrected chi connectivity index (χ3v) is 5.05. The molecular formula is C23H16BrN3O3. The molecule has 0 amide bonds. The van der Waals surface area contributed by atoms with Crippen molar-refractivity contribution in [2.24, 2.45) is 5.10 Å². The van der Waals surface area contributed by atoms with E-state index in [9.17, 15) is 10.1 Å². The van der Waals surface area contributed by atoms with Gasteiger partial charge in [-0.15, -0.1) is 0 Å². The fourth-order valence-corrected chi connectivity index (χ4v) is 3.36. The first-order valence-corrected chi connectivity index (χ1v) is 9.89. The molecular weight excluding hydrogens is 446 g/mol. The predicted octanol–water partition coefficient (Wildman–Crippen LogP) is 6.79. The number of nitro benzene ring substituents is 1. The van der Waals surface area contributed by atoms with Crippen LogP contribution in [0.15, 0.2) is 105 Å². The van der Waals surface area contributed by atoms with Crippen molar-refractivity contribution in [3.8, 4) is 11.3 Å². The summed E-state index contributed by atoms with van der Waals surface area (Å²) in [6, 6.07) is 27.7. The Morgan fingerprint density at radius 1 is 0.900 bits per heavy atom. The zero-order valence-corrected chi connectivity index (χ0v) is 17.3. The number of hydrogen-bond acceptors (Lipinski definition) is 5. The summed E-state index contributed by atoms with van der Waals surface area (Å²) in [5, 5.41) is 17.5. The van der Waals surface area contributed by atoms with E-state index < -0.39 is 4.92 Å². The molecule has 6 nitrogen and oxygen atoms in total. The average molecular weight is 462 g/mol. The zero-order valence-electron chi connectivity index (χ0n) is 15.7. The van der Waals surface area contributed by atoms with Gasteiger partial charge in [0, 0.05) is 22.2 Å². The van der Waals surface area contributed by atoms with Crippen LogP contribution in [0.3, 0.4) is 0 Å². The molecule has 0 saturated carbocycles. The largest absolute Gasteiger partial charge is 0.455 e. The summed E-state index contributed by atoms with van der Waals surface area (Å²) in [6.07, 6.45) is 1.62. The molecule has 0 aliphatic rings. The Morgan fingerprint density at radius 3 is 2.13 bits per heavy atom. The number of rotatable bonds is 6. The second-order valence-corrected chi connectivity index (χ2v) is 7.21. The van der Waals surface area contributed by atoms with Gasteiger partial charge >= 0.3 is 0 Å². The monoisotopic (exact) mass is 461 g/mol. The molecule has 1 aromatic heterocycles. The fourth-order valence-electron chi connectivity index (χ4n) is 2.92. The van der Waals surface area contributed by atoms with Gasteiger partial charge in [0.05, 0.1) is 22.5 Å². The van der Waals surface area contributed by atoms with Crippen LogP contribution in [0.4, 0.5) is 17.1 Å². The van der Waals surface area contributed by atoms with Gasteiger partial charge in [-0.2, -0.15) is 5.10 Å². The van der Waals surface area contributed by atoms with Crippen LogP contribution in [0.1, 0.15) is 5.76 Å². The standard InChI is InChI=1S/C23H16BrN3O3/c24-22-13-11-19(27(28)29)15-21(22)23-14-12-20(30-23)16-25-26(17-7-3-1-4-8-17)18-9-5-2-6-10-18/h1-16H. The molecule has 0 saturated heterocycles. The van der Waals surface area contributed by atoms with Gasteiger partial charge in [0.2, 0.25) is 0 Å². The Bertz CT molecular complexity index is 1150. The minimum atomic E-state index is -0.432. The maximum atomic E-state index is 11.1. The lowest BCUT2D eigenvalue weighted by molar-refractivity contribution is -0.384. The highest BCUT2D eigenvalue weighted by Gasteiger charge is 2.14. The van der Waals surface area contributed by atoms with E-state index in [1.807, 2.05) is 65.7 Å². The van der Waals surface area contributed by atoms with Crippen molar-refractivity contribution < 1.29 is 9.34 Å². The summed E-state index contributed by atoms with van der Waals surface area (Å²) in [6.45, 7) is 0. The molecule has 1 heterocycles. The van der Waals surface area contributed by atoms with Gasteiger partial charge in [0.1, 0.15) is 11.5 Å². The Hall–Kier alpha value is -3.71. The summed E-state index contributed by atoms with van der Waals surface area (Å²) in [4.78, 5) is 10.6. The summed E-state index contributed by atoms with van der Waals surface area (Å²) in [7, 11) is 0. The maximum Gasteiger partial charge on any atom is 0.270 e. The van der Waals surface area contributed by atoms with Gasteiger partial charge in [-0.25, -0.2) is 5.01 Å². The lowest BCUT2D eigenvalue weighted by Gasteiger charge is -2.18. The quantitative estimate of drug-likeness (QED) is 0.180. The van der Waals surface area contributed by atoms with Crippen LogP contribution in [0.5, 0.6) is 0 Å². The Balaban J connectivity index is 1.65. The predicted molar refractivity (Wildman–Crippen MR) is 121 cm³/mol. The van der Waals surface area contributed by atoms with Crippen molar-refractivity contribution in [1.82, 2.24) is 0 Å². The summed E-state index contributed by atoms with van der Waals surface area (Å²) >= 11 is 3.42. The van der Waals surface area contributed by atoms with Crippen molar-refractivity contribution in [2.75, 3.05) is 5.01 Å². The Morgan fingerprint density at radius 2 is 1.53 bits per heavy atom. The first-order chi connectivity index (χ1) is 14.6. The van der Waals surface area contributed by atoms with E-state index in [2.05, 4.69) is 21.0 Å². The van der Waals surface area contributed by atoms with Crippen LogP contribution < -0.4 is 5.01 Å². The number of anilines is 2. The number of nitro groups is 1. The molecule has 0 aliphatic heterocycles. The molecule has 0 bridgehead atoms. The minimum absolute atomic E-state index is 0.000789. The highest BCUT2D eigenvalue weighted by Crippen LogP contribution is 2.33. The van der Waals surface area contributed by atoms with E-state index in [1.165, 1.54) is 12.1 Å². The number of benzene rings is 3. The van der Waals surface area contributed by atoms with Crippen LogP contribution in [0, 0.1) is 10.1 Å². The molecule has 0 spiro atoms. The fraction of sp³-hybridized carbons (Fsp3) is 0. The molecule has 0 unspecified atom stereocenters. The van der Waals surface area contributed by atoms with Gasteiger partial charge in [-0.1, -0.05) is 52.3 Å². The smallest absolute Gasteiger partial charge is 0.270 e. The van der Waals surface area contributed by atoms with Gasteiger partial charge < -0.3 is 4.42 Å². The van der Waals surface area contributed by atoms with E-state index in [-0.39, 0.29) is 5.69 Å². The second kappa shape index (κ2) is 8.75. The van der Waals surface area contributed by atoms with Crippen LogP contribution in [0.25, 0.3) is 11.3 Å². The van der Waals surface area contributed by atoms with Gasteiger partial charge in [0.25, 0.3) is 5.69 Å². The first kappa shape index (κ1) is 19.6. The third kappa shape index (κ3) is 4.31. The highest BCUT2D eigenvalue weighted by atomic mass is 79.9. The van der Waals surface area contributed by atoms with Crippen LogP contribution in [-0.2, 0) is 0 Å². The SMILES string of the molecule is O=[N+]([O-])c1ccc(Br)c(-c2ccc(C=NN(c3ccccc3)c3ccccc3)o2)c1. The van der Waals surface area contributed by atoms with Crippen molar-refractivity contribution in [1.29, 1.82) is 0 Å². The number of furan rings is 1. The first-order valence-electron chi connectivity index (χ1n) is 9.10. The van der Waals surface area contributed by atoms with E-state index >= 15 is 0 Å². The van der Waals surface area contributed by atoms with Crippen molar-refractivity contribution in [2.45, 2.75) is 0 Å². The lowest BCUT2D eigenvalue weighted by atomic mass is 10.1. The van der Waals surface area contributed by atoms with Crippen LogP contribution in [0.2, 0.25) is 0 Å². The zero-order chi connectivity index (χ0) is 20.9. The molecule has 0 N–H and O–H groups in total. The van der Waals surface area contributed by atoms with E-state index in [0.717, 1.165) is 11.4 Å². The molecule has 3 aromatic carbocycles. The van der Waals surface area contributed by atoms with E-state index in [1.54, 1.807) is 24.4 Å². The number of hydrogen-bond donors (Lipinski definition) is 0. The van der Waals surface area contributed by atoms with Crippen molar-refractivity contribution >= 4 is 39.2 Å². The number of hydrazone groups is 1. The van der Waals surface area contributed by atoms with Crippen LogP contribution >= 0.6 is 15.9 Å². The van der Waals surface area contributed by atoms with Crippen molar-refractivity contribution in [3.63, 3.8) is 0 Å². The topological polar surface area (TPSA) is 71.9 Å². The molecule has 30 heavy (non-hydrogen) atoms. The Kier molecular flexibility index (Phi) is 5.72. The molecule has 0 radical (unpaired) electrons. The second-order valence-electron chi connectivity index (χ2n) is 6.35.